The monoisotopic (exact) mass is 222 g/mol. The fraction of sp³-hybridized carbons (Fsp3) is 0.636. The molecule has 1 aliphatic carbocycles. The largest absolute Gasteiger partial charge is 0.349 e. The van der Waals surface area contributed by atoms with Crippen molar-refractivity contribution < 1.29 is 4.79 Å². The summed E-state index contributed by atoms with van der Waals surface area (Å²) >= 11 is 0. The lowest BCUT2D eigenvalue weighted by molar-refractivity contribution is 0.0946. The molecule has 5 nitrogen and oxygen atoms in total. The lowest BCUT2D eigenvalue weighted by atomic mass is 10.3. The quantitative estimate of drug-likeness (QED) is 0.684. The van der Waals surface area contributed by atoms with Crippen molar-refractivity contribution in [3.63, 3.8) is 0 Å². The van der Waals surface area contributed by atoms with E-state index >= 15 is 0 Å². The van der Waals surface area contributed by atoms with Gasteiger partial charge in [-0.25, -0.2) is 4.98 Å². The third-order valence-corrected chi connectivity index (χ3v) is 2.87. The van der Waals surface area contributed by atoms with Crippen molar-refractivity contribution in [1.82, 2.24) is 20.6 Å². The lowest BCUT2D eigenvalue weighted by Gasteiger charge is -2.10. The van der Waals surface area contributed by atoms with Gasteiger partial charge in [0.1, 0.15) is 11.5 Å². The van der Waals surface area contributed by atoms with Gasteiger partial charge in [-0.3, -0.25) is 4.79 Å². The predicted molar refractivity (Wildman–Crippen MR) is 61.4 cm³/mol. The smallest absolute Gasteiger partial charge is 0.269 e. The maximum Gasteiger partial charge on any atom is 0.269 e. The number of hydrogen-bond acceptors (Lipinski definition) is 3. The van der Waals surface area contributed by atoms with Gasteiger partial charge in [-0.15, -0.1) is 0 Å². The summed E-state index contributed by atoms with van der Waals surface area (Å²) in [5, 5.41) is 5.91. The fourth-order valence-corrected chi connectivity index (χ4v) is 1.46. The molecule has 3 N–H and O–H groups in total. The van der Waals surface area contributed by atoms with Crippen LogP contribution in [0.15, 0.2) is 6.20 Å². The number of amides is 1. The molecule has 1 heterocycles. The molecule has 1 saturated carbocycles. The van der Waals surface area contributed by atoms with E-state index < -0.39 is 0 Å². The molecular weight excluding hydrogens is 204 g/mol. The van der Waals surface area contributed by atoms with Crippen LogP contribution in [0.25, 0.3) is 0 Å². The zero-order valence-electron chi connectivity index (χ0n) is 9.71. The Morgan fingerprint density at radius 1 is 1.69 bits per heavy atom. The van der Waals surface area contributed by atoms with Crippen molar-refractivity contribution in [3.05, 3.63) is 17.7 Å². The van der Waals surface area contributed by atoms with Gasteiger partial charge in [0, 0.05) is 18.5 Å². The van der Waals surface area contributed by atoms with Crippen molar-refractivity contribution in [2.45, 2.75) is 31.7 Å². The molecular formula is C11H18N4O. The van der Waals surface area contributed by atoms with E-state index in [-0.39, 0.29) is 11.9 Å². The molecule has 0 saturated heterocycles. The van der Waals surface area contributed by atoms with Crippen LogP contribution in [0, 0.1) is 0 Å². The Labute approximate surface area is 95.0 Å². The summed E-state index contributed by atoms with van der Waals surface area (Å²) in [4.78, 5) is 19.0. The highest BCUT2D eigenvalue weighted by Crippen LogP contribution is 2.37. The molecule has 16 heavy (non-hydrogen) atoms. The van der Waals surface area contributed by atoms with Crippen LogP contribution in [0.5, 0.6) is 0 Å². The fourth-order valence-electron chi connectivity index (χ4n) is 1.46. The number of aromatic nitrogens is 2. The molecule has 0 spiro atoms. The molecule has 88 valence electrons. The van der Waals surface area contributed by atoms with E-state index in [0.717, 1.165) is 5.82 Å². The molecule has 0 aromatic carbocycles. The number of aromatic amines is 1. The van der Waals surface area contributed by atoms with Gasteiger partial charge < -0.3 is 15.6 Å². The van der Waals surface area contributed by atoms with Crippen LogP contribution in [0.1, 0.15) is 42.0 Å². The molecule has 2 rings (SSSR count). The second-order valence-electron chi connectivity index (χ2n) is 4.36. The molecule has 1 amide bonds. The highest BCUT2D eigenvalue weighted by Gasteiger charge is 2.27. The van der Waals surface area contributed by atoms with Crippen molar-refractivity contribution >= 4 is 5.91 Å². The van der Waals surface area contributed by atoms with Gasteiger partial charge in [-0.05, 0) is 26.8 Å². The summed E-state index contributed by atoms with van der Waals surface area (Å²) in [7, 11) is 1.87. The minimum Gasteiger partial charge on any atom is -0.349 e. The van der Waals surface area contributed by atoms with E-state index in [9.17, 15) is 4.79 Å². The molecule has 0 radical (unpaired) electrons. The highest BCUT2D eigenvalue weighted by atomic mass is 16.1. The van der Waals surface area contributed by atoms with Crippen LogP contribution < -0.4 is 10.6 Å². The molecule has 1 fully saturated rings. The maximum atomic E-state index is 11.7. The van der Waals surface area contributed by atoms with Crippen molar-refractivity contribution in [1.29, 1.82) is 0 Å². The van der Waals surface area contributed by atoms with E-state index in [2.05, 4.69) is 20.6 Å². The normalized spacial score (nSPS) is 17.1. The Hall–Kier alpha value is -1.36. The third-order valence-electron chi connectivity index (χ3n) is 2.87. The number of nitrogens with zero attached hydrogens (tertiary/aromatic N) is 1. The first-order chi connectivity index (χ1) is 7.70. The Balaban J connectivity index is 1.87. The van der Waals surface area contributed by atoms with Crippen LogP contribution in [-0.2, 0) is 0 Å². The number of likely N-dealkylation sites (N-methyl/N-ethyl adjacent to an activating group) is 1. The Morgan fingerprint density at radius 2 is 2.44 bits per heavy atom. The van der Waals surface area contributed by atoms with E-state index in [1.807, 2.05) is 14.0 Å². The minimum absolute atomic E-state index is 0.0819. The van der Waals surface area contributed by atoms with E-state index in [1.165, 1.54) is 12.8 Å². The van der Waals surface area contributed by atoms with Gasteiger partial charge in [0.2, 0.25) is 0 Å². The van der Waals surface area contributed by atoms with Crippen LogP contribution >= 0.6 is 0 Å². The zero-order chi connectivity index (χ0) is 11.5. The number of imidazole rings is 1. The SMILES string of the molecule is CNC(C)CNC(=O)c1cnc(C2CC2)[nH]1. The molecule has 1 aromatic heterocycles. The van der Waals surface area contributed by atoms with Gasteiger partial charge in [-0.1, -0.05) is 0 Å². The maximum absolute atomic E-state index is 11.7. The zero-order valence-corrected chi connectivity index (χ0v) is 9.71. The summed E-state index contributed by atoms with van der Waals surface area (Å²) in [6, 6.07) is 0.273. The number of hydrogen-bond donors (Lipinski definition) is 3. The van der Waals surface area contributed by atoms with Crippen molar-refractivity contribution in [3.8, 4) is 0 Å². The number of carbonyl (C=O) groups is 1. The standard InChI is InChI=1S/C11H18N4O/c1-7(12-2)5-14-11(16)9-6-13-10(15-9)8-3-4-8/h6-8,12H,3-5H2,1-2H3,(H,13,15)(H,14,16). The number of carbonyl (C=O) groups excluding carboxylic acids is 1. The second kappa shape index (κ2) is 4.65. The number of nitrogens with one attached hydrogen (secondary N) is 3. The second-order valence-corrected chi connectivity index (χ2v) is 4.36. The van der Waals surface area contributed by atoms with Gasteiger partial charge in [0.15, 0.2) is 0 Å². The molecule has 1 aromatic rings. The summed E-state index contributed by atoms with van der Waals surface area (Å²) in [6.07, 6.45) is 3.99. The van der Waals surface area contributed by atoms with Gasteiger partial charge >= 0.3 is 0 Å². The summed E-state index contributed by atoms with van der Waals surface area (Å²) in [5.74, 6) is 1.42. The average molecular weight is 222 g/mol. The Bertz CT molecular complexity index is 370. The van der Waals surface area contributed by atoms with Crippen molar-refractivity contribution in [2.24, 2.45) is 0 Å². The summed E-state index contributed by atoms with van der Waals surface area (Å²) in [5.41, 5.74) is 0.560. The van der Waals surface area contributed by atoms with Gasteiger partial charge in [0.05, 0.1) is 6.20 Å². The van der Waals surface area contributed by atoms with Gasteiger partial charge in [0.25, 0.3) is 5.91 Å². The van der Waals surface area contributed by atoms with E-state index in [1.54, 1.807) is 6.20 Å². The van der Waals surface area contributed by atoms with Gasteiger partial charge in [-0.2, -0.15) is 0 Å². The Morgan fingerprint density at radius 3 is 3.06 bits per heavy atom. The Kier molecular flexibility index (Phi) is 3.24. The lowest BCUT2D eigenvalue weighted by Crippen LogP contribution is -2.37. The number of rotatable bonds is 5. The molecule has 1 unspecified atom stereocenters. The topological polar surface area (TPSA) is 69.8 Å². The third kappa shape index (κ3) is 2.61. The predicted octanol–water partition coefficient (Wildman–Crippen LogP) is 0.625. The van der Waals surface area contributed by atoms with Crippen LogP contribution in [0.3, 0.4) is 0 Å². The first kappa shape index (κ1) is 11.1. The first-order valence-corrected chi connectivity index (χ1v) is 5.71. The highest BCUT2D eigenvalue weighted by molar-refractivity contribution is 5.92. The first-order valence-electron chi connectivity index (χ1n) is 5.71. The van der Waals surface area contributed by atoms with Crippen LogP contribution in [-0.4, -0.2) is 35.5 Å². The number of H-pyrrole nitrogens is 1. The van der Waals surface area contributed by atoms with Crippen LogP contribution in [0.4, 0.5) is 0 Å². The van der Waals surface area contributed by atoms with E-state index in [4.69, 9.17) is 0 Å². The average Bonchev–Trinajstić information content (AvgIpc) is 3.03. The van der Waals surface area contributed by atoms with Crippen LogP contribution in [0.2, 0.25) is 0 Å². The molecule has 5 heteroatoms. The summed E-state index contributed by atoms with van der Waals surface area (Å²) < 4.78 is 0. The van der Waals surface area contributed by atoms with E-state index in [0.29, 0.717) is 18.2 Å². The van der Waals surface area contributed by atoms with Crippen molar-refractivity contribution in [2.75, 3.05) is 13.6 Å². The molecule has 0 bridgehead atoms. The minimum atomic E-state index is -0.0819. The molecule has 0 aliphatic heterocycles. The molecule has 1 aliphatic rings. The summed E-state index contributed by atoms with van der Waals surface area (Å²) in [6.45, 7) is 2.63. The molecule has 1 atom stereocenters.